The van der Waals surface area contributed by atoms with Gasteiger partial charge in [-0.25, -0.2) is 0 Å². The van der Waals surface area contributed by atoms with Gasteiger partial charge in [-0.05, 0) is 111 Å². The van der Waals surface area contributed by atoms with Gasteiger partial charge >= 0.3 is 0 Å². The van der Waals surface area contributed by atoms with E-state index in [9.17, 15) is 0 Å². The molecule has 0 bridgehead atoms. The second-order valence-electron chi connectivity index (χ2n) is 21.6. The van der Waals surface area contributed by atoms with Gasteiger partial charge in [0.05, 0.1) is 11.2 Å². The molecule has 5 heterocycles. The lowest BCUT2D eigenvalue weighted by Crippen LogP contribution is -2.37. The van der Waals surface area contributed by atoms with Gasteiger partial charge in [-0.2, -0.15) is 0 Å². The van der Waals surface area contributed by atoms with Crippen molar-refractivity contribution in [3.8, 4) is 16.8 Å². The predicted octanol–water partition coefficient (Wildman–Crippen LogP) is 15.2. The van der Waals surface area contributed by atoms with E-state index in [1.807, 2.05) is 0 Å². The summed E-state index contributed by atoms with van der Waals surface area (Å²) in [5.74, 6) is 0. The van der Waals surface area contributed by atoms with Gasteiger partial charge in [0, 0.05) is 77.7 Å². The molecule has 0 fully saturated rings. The molecule has 4 aromatic heterocycles. The van der Waals surface area contributed by atoms with Crippen molar-refractivity contribution in [2.24, 2.45) is 0 Å². The molecule has 2 aliphatic rings. The minimum absolute atomic E-state index is 0.0502. The van der Waals surface area contributed by atoms with Crippen molar-refractivity contribution in [2.45, 2.75) is 77.6 Å². The van der Waals surface area contributed by atoms with Crippen molar-refractivity contribution in [1.29, 1.82) is 0 Å². The lowest BCUT2D eigenvalue weighted by Gasteiger charge is -2.41. The normalized spacial score (nSPS) is 15.4. The smallest absolute Gasteiger partial charge is 0.198 e. The van der Waals surface area contributed by atoms with Crippen LogP contribution in [0.3, 0.4) is 0 Å². The molecule has 1 aliphatic carbocycles. The summed E-state index contributed by atoms with van der Waals surface area (Å²) in [6.45, 7) is 16.4. The van der Waals surface area contributed by atoms with E-state index < -0.39 is 0 Å². The molecule has 66 heavy (non-hydrogen) atoms. The van der Waals surface area contributed by atoms with Crippen LogP contribution in [0.15, 0.2) is 147 Å². The van der Waals surface area contributed by atoms with Crippen LogP contribution in [0.1, 0.15) is 78.0 Å². The molecule has 1 aliphatic heterocycles. The van der Waals surface area contributed by atoms with Gasteiger partial charge in [-0.1, -0.05) is 121 Å². The molecule has 14 rings (SSSR count). The van der Waals surface area contributed by atoms with Crippen molar-refractivity contribution in [1.82, 2.24) is 4.57 Å². The molecule has 5 nitrogen and oxygen atoms in total. The van der Waals surface area contributed by atoms with Crippen LogP contribution in [-0.2, 0) is 16.2 Å². The predicted molar refractivity (Wildman–Crippen MR) is 278 cm³/mol. The zero-order valence-electron chi connectivity index (χ0n) is 38.5. The highest BCUT2D eigenvalue weighted by Crippen LogP contribution is 2.50. The Morgan fingerprint density at radius 2 is 1.17 bits per heavy atom. The largest absolute Gasteiger partial charge is 0.456 e. The molecule has 0 radical (unpaired) electrons. The van der Waals surface area contributed by atoms with Gasteiger partial charge < -0.3 is 23.1 Å². The molecule has 0 atom stereocenters. The van der Waals surface area contributed by atoms with E-state index in [2.05, 4.69) is 192 Å². The molecule has 8 aromatic carbocycles. The number of nitrogens with one attached hydrogen (secondary N) is 1. The summed E-state index contributed by atoms with van der Waals surface area (Å²) < 4.78 is 22.6. The average molecular weight is 857 g/mol. The molecule has 0 saturated carbocycles. The van der Waals surface area contributed by atoms with Crippen LogP contribution in [0.4, 0.5) is 11.4 Å². The van der Waals surface area contributed by atoms with E-state index >= 15 is 0 Å². The first-order valence-electron chi connectivity index (χ1n) is 23.6. The highest BCUT2D eigenvalue weighted by molar-refractivity contribution is 6.74. The molecule has 12 aromatic rings. The SMILES string of the molecule is CC(C)(C)c1ccc(Nc2cc3oc4cc5c(cc4c3cc2-c2ccc3c4c6c(ccc4n4c3c2Bc2cc3c(cc2-4)oc2ccccc23)oc2ccccc26)C(C)(C)CCC5(C)C)cc1. The number of hydrogen-bond acceptors (Lipinski definition) is 4. The number of furan rings is 3. The number of rotatable bonds is 3. The summed E-state index contributed by atoms with van der Waals surface area (Å²) in [5, 5.41) is 13.2. The maximum atomic E-state index is 6.93. The van der Waals surface area contributed by atoms with Gasteiger partial charge in [0.15, 0.2) is 7.28 Å². The molecule has 0 unspecified atom stereocenters. The first-order chi connectivity index (χ1) is 31.8. The second-order valence-corrected chi connectivity index (χ2v) is 21.6. The summed E-state index contributed by atoms with van der Waals surface area (Å²) in [6, 6.07) is 49.1. The fraction of sp³-hybridized carbons (Fsp3) is 0.200. The van der Waals surface area contributed by atoms with Gasteiger partial charge in [-0.3, -0.25) is 0 Å². The molecule has 0 spiro atoms. The van der Waals surface area contributed by atoms with Crippen molar-refractivity contribution in [3.63, 3.8) is 0 Å². The number of benzene rings is 8. The fourth-order valence-electron chi connectivity index (χ4n) is 11.9. The number of para-hydroxylation sites is 2. The Balaban J connectivity index is 1.08. The summed E-state index contributed by atoms with van der Waals surface area (Å²) in [5.41, 5.74) is 20.3. The zero-order chi connectivity index (χ0) is 44.6. The molecule has 6 heteroatoms. The Kier molecular flexibility index (Phi) is 7.39. The van der Waals surface area contributed by atoms with Gasteiger partial charge in [-0.15, -0.1) is 0 Å². The number of hydrogen-bond donors (Lipinski definition) is 1. The molecule has 1 N–H and O–H groups in total. The Bertz CT molecular complexity index is 4090. The minimum atomic E-state index is 0.0502. The highest BCUT2D eigenvalue weighted by Gasteiger charge is 2.38. The lowest BCUT2D eigenvalue weighted by molar-refractivity contribution is 0.332. The third kappa shape index (κ3) is 5.24. The molecule has 0 saturated heterocycles. The maximum Gasteiger partial charge on any atom is 0.198 e. The third-order valence-corrected chi connectivity index (χ3v) is 15.6. The number of aromatic nitrogens is 1. The topological polar surface area (TPSA) is 56.4 Å². The molecular weight excluding hydrogens is 807 g/mol. The lowest BCUT2D eigenvalue weighted by atomic mass is 9.59. The van der Waals surface area contributed by atoms with Crippen molar-refractivity contribution >= 4 is 117 Å². The minimum Gasteiger partial charge on any atom is -0.456 e. The summed E-state index contributed by atoms with van der Waals surface area (Å²) in [4.78, 5) is 0. The summed E-state index contributed by atoms with van der Waals surface area (Å²) in [7, 11) is 0.754. The van der Waals surface area contributed by atoms with Crippen LogP contribution in [0, 0.1) is 0 Å². The second kappa shape index (κ2) is 12.8. The first kappa shape index (κ1) is 38.1. The third-order valence-electron chi connectivity index (χ3n) is 15.6. The zero-order valence-corrected chi connectivity index (χ0v) is 38.5. The average Bonchev–Trinajstić information content (AvgIpc) is 4.05. The number of nitrogens with zero attached hydrogens (tertiary/aromatic N) is 1. The van der Waals surface area contributed by atoms with E-state index in [0.717, 1.165) is 109 Å². The Morgan fingerprint density at radius 1 is 0.530 bits per heavy atom. The van der Waals surface area contributed by atoms with Crippen LogP contribution in [0.5, 0.6) is 0 Å². The summed E-state index contributed by atoms with van der Waals surface area (Å²) >= 11 is 0. The van der Waals surface area contributed by atoms with Crippen molar-refractivity contribution in [2.75, 3.05) is 5.32 Å². The van der Waals surface area contributed by atoms with Crippen molar-refractivity contribution < 1.29 is 13.3 Å². The highest BCUT2D eigenvalue weighted by atomic mass is 16.3. The van der Waals surface area contributed by atoms with E-state index in [0.29, 0.717) is 0 Å². The Labute approximate surface area is 383 Å². The van der Waals surface area contributed by atoms with Crippen LogP contribution in [0.25, 0.3) is 104 Å². The van der Waals surface area contributed by atoms with Crippen LogP contribution in [-0.4, -0.2) is 11.8 Å². The van der Waals surface area contributed by atoms with E-state index in [-0.39, 0.29) is 16.2 Å². The van der Waals surface area contributed by atoms with Crippen molar-refractivity contribution in [3.05, 3.63) is 150 Å². The molecular formula is C60H49BN2O3. The fourth-order valence-corrected chi connectivity index (χ4v) is 11.9. The number of fused-ring (bicyclic) bond motifs is 16. The van der Waals surface area contributed by atoms with E-state index in [1.165, 1.54) is 54.9 Å². The van der Waals surface area contributed by atoms with Crippen LogP contribution in [0.2, 0.25) is 0 Å². The van der Waals surface area contributed by atoms with E-state index in [1.54, 1.807) is 0 Å². The van der Waals surface area contributed by atoms with Gasteiger partial charge in [0.1, 0.15) is 33.5 Å². The molecule has 0 amide bonds. The first-order valence-corrected chi connectivity index (χ1v) is 23.6. The molecule has 320 valence electrons. The monoisotopic (exact) mass is 856 g/mol. The maximum absolute atomic E-state index is 6.93. The Hall–Kier alpha value is -7.18. The van der Waals surface area contributed by atoms with Crippen LogP contribution >= 0.6 is 0 Å². The van der Waals surface area contributed by atoms with Crippen LogP contribution < -0.4 is 16.2 Å². The standard InChI is InChI=1S/C60H49BN2O3/c1-58(2,3)32-16-18-33(19-17-32)62-45-30-52-39(40-27-42-43(29-51(40)66-52)60(6,7)25-24-59(42,4)5)26-38(45)35-20-21-37-54-46(22-23-50-55(54)36-13-9-11-15-49(36)64-50)63-47-31-53-41(28-44(47)61-56(35)57(37)63)34-12-8-10-14-48(34)65-53/h8-23,26-31,61-62H,24-25H2,1-7H3. The summed E-state index contributed by atoms with van der Waals surface area (Å²) in [6.07, 6.45) is 2.31. The Morgan fingerprint density at radius 3 is 1.94 bits per heavy atom. The van der Waals surface area contributed by atoms with E-state index in [4.69, 9.17) is 13.3 Å². The quantitative estimate of drug-likeness (QED) is 0.180. The number of anilines is 2. The van der Waals surface area contributed by atoms with Gasteiger partial charge in [0.2, 0.25) is 0 Å². The van der Waals surface area contributed by atoms with Gasteiger partial charge in [0.25, 0.3) is 0 Å².